The minimum atomic E-state index is -1.39. The number of ether oxygens (including phenoxy) is 9. The number of fused-ring (bicyclic) bond motifs is 1. The van der Waals surface area contributed by atoms with Crippen LogP contribution in [0.25, 0.3) is 0 Å². The third-order valence-electron chi connectivity index (χ3n) is 10.0. The second-order valence-electron chi connectivity index (χ2n) is 15.9. The Kier molecular flexibility index (Phi) is 16.9. The van der Waals surface area contributed by atoms with Crippen molar-refractivity contribution < 1.29 is 61.8 Å². The molecule has 0 saturated carbocycles. The number of anilines is 1. The van der Waals surface area contributed by atoms with Gasteiger partial charge in [0.1, 0.15) is 42.4 Å². The third-order valence-corrected chi connectivity index (χ3v) is 11.2. The Morgan fingerprint density at radius 1 is 0.891 bits per heavy atom. The number of carbonyl (C=O) groups excluding carboxylic acids is 4. The minimum Gasteiger partial charge on any atom is -0.497 e. The Morgan fingerprint density at radius 2 is 1.58 bits per heavy atom. The predicted molar refractivity (Wildman–Crippen MR) is 245 cm³/mol. The predicted octanol–water partition coefficient (Wildman–Crippen LogP) is 7.81. The van der Waals surface area contributed by atoms with E-state index in [1.165, 1.54) is 33.0 Å². The molecule has 4 aromatic carbocycles. The summed E-state index contributed by atoms with van der Waals surface area (Å²) >= 11 is 2.14. The summed E-state index contributed by atoms with van der Waals surface area (Å²) in [7, 11) is 4.54. The monoisotopic (exact) mass is 997 g/mol. The van der Waals surface area contributed by atoms with E-state index in [-0.39, 0.29) is 32.4 Å². The average molecular weight is 998 g/mol. The van der Waals surface area contributed by atoms with Crippen molar-refractivity contribution in [2.75, 3.05) is 46.8 Å². The number of carbonyl (C=O) groups is 4. The maximum atomic E-state index is 15.8. The summed E-state index contributed by atoms with van der Waals surface area (Å²) in [5, 5.41) is 5.69. The van der Waals surface area contributed by atoms with Gasteiger partial charge in [-0.2, -0.15) is 0 Å². The Morgan fingerprint density at radius 3 is 2.20 bits per heavy atom. The highest BCUT2D eigenvalue weighted by atomic mass is 127. The largest absolute Gasteiger partial charge is 0.497 e. The van der Waals surface area contributed by atoms with Crippen molar-refractivity contribution in [3.63, 3.8) is 0 Å². The van der Waals surface area contributed by atoms with Crippen LogP contribution in [0, 0.1) is 17.4 Å². The van der Waals surface area contributed by atoms with E-state index in [1.807, 2.05) is 43.3 Å². The number of aryl methyl sites for hydroxylation is 1. The first kappa shape index (κ1) is 49.1. The van der Waals surface area contributed by atoms with Crippen LogP contribution in [-0.4, -0.2) is 88.0 Å². The summed E-state index contributed by atoms with van der Waals surface area (Å²) in [6, 6.07) is 15.8. The van der Waals surface area contributed by atoms with Crippen LogP contribution in [0.1, 0.15) is 68.5 Å². The Hall–Kier alpha value is -5.95. The molecule has 0 fully saturated rings. The molecule has 0 aromatic heterocycles. The van der Waals surface area contributed by atoms with Gasteiger partial charge in [-0.3, -0.25) is 14.4 Å². The summed E-state index contributed by atoms with van der Waals surface area (Å²) in [4.78, 5) is 57.9. The van der Waals surface area contributed by atoms with Crippen molar-refractivity contribution in [3.05, 3.63) is 98.1 Å². The summed E-state index contributed by atoms with van der Waals surface area (Å²) in [5.41, 5.74) is 2.60. The summed E-state index contributed by atoms with van der Waals surface area (Å²) in [6.07, 6.45) is -0.998. The number of methoxy groups -OCH3 is 3. The molecule has 4 aromatic rings. The zero-order valence-corrected chi connectivity index (χ0v) is 39.9. The molecule has 0 saturated heterocycles. The SMILES string of the molecule is COCOc1cc([C@H](COC(C)=O)N(C(=O)[C@H](Cc2cc(C)c(OC)c(OCc3ccccc3)c2I)NC(=O)OC(C)(C)C)C(C)C(=O)Nc2ccc(OC)cc2)c2c(c1C)OCO2. The number of esters is 1. The Balaban J connectivity index is 1.69. The highest BCUT2D eigenvalue weighted by Crippen LogP contribution is 2.48. The fourth-order valence-corrected chi connectivity index (χ4v) is 7.80. The van der Waals surface area contributed by atoms with E-state index < -0.39 is 54.2 Å². The molecular formula is C47H56IN3O13. The second-order valence-corrected chi connectivity index (χ2v) is 16.9. The molecular weight excluding hydrogens is 941 g/mol. The van der Waals surface area contributed by atoms with Gasteiger partial charge in [-0.1, -0.05) is 36.4 Å². The number of rotatable bonds is 19. The highest BCUT2D eigenvalue weighted by molar-refractivity contribution is 14.1. The number of nitrogens with one attached hydrogen (secondary N) is 2. The molecule has 3 amide bonds. The molecule has 1 aliphatic heterocycles. The van der Waals surface area contributed by atoms with E-state index >= 15 is 4.79 Å². The Bertz CT molecular complexity index is 2280. The normalized spacial score (nSPS) is 13.2. The zero-order chi connectivity index (χ0) is 46.7. The Labute approximate surface area is 387 Å². The van der Waals surface area contributed by atoms with E-state index in [4.69, 9.17) is 42.6 Å². The van der Waals surface area contributed by atoms with E-state index in [0.717, 1.165) is 5.56 Å². The van der Waals surface area contributed by atoms with E-state index in [2.05, 4.69) is 33.2 Å². The van der Waals surface area contributed by atoms with Crippen LogP contribution in [-0.2, 0) is 41.6 Å². The van der Waals surface area contributed by atoms with E-state index in [0.29, 0.717) is 60.3 Å². The molecule has 1 heterocycles. The molecule has 1 aliphatic rings. The van der Waals surface area contributed by atoms with Gasteiger partial charge in [0.2, 0.25) is 18.6 Å². The van der Waals surface area contributed by atoms with Gasteiger partial charge in [0.05, 0.1) is 23.8 Å². The number of nitrogens with zero attached hydrogens (tertiary/aromatic N) is 1. The van der Waals surface area contributed by atoms with Crippen molar-refractivity contribution in [2.24, 2.45) is 0 Å². The van der Waals surface area contributed by atoms with Crippen LogP contribution in [0.4, 0.5) is 10.5 Å². The average Bonchev–Trinajstić information content (AvgIpc) is 3.76. The lowest BCUT2D eigenvalue weighted by molar-refractivity contribution is -0.150. The van der Waals surface area contributed by atoms with Crippen molar-refractivity contribution in [1.29, 1.82) is 0 Å². The molecule has 3 atom stereocenters. The molecule has 1 unspecified atom stereocenters. The summed E-state index contributed by atoms with van der Waals surface area (Å²) < 4.78 is 52.6. The molecule has 5 rings (SSSR count). The van der Waals surface area contributed by atoms with Gasteiger partial charge in [0.25, 0.3) is 0 Å². The number of hydrogen-bond donors (Lipinski definition) is 2. The molecule has 64 heavy (non-hydrogen) atoms. The topological polar surface area (TPSA) is 179 Å². The molecule has 344 valence electrons. The van der Waals surface area contributed by atoms with Gasteiger partial charge in [-0.05, 0) is 111 Å². The molecule has 16 nitrogen and oxygen atoms in total. The van der Waals surface area contributed by atoms with Gasteiger partial charge in [-0.15, -0.1) is 0 Å². The van der Waals surface area contributed by atoms with Crippen molar-refractivity contribution >= 4 is 52.2 Å². The van der Waals surface area contributed by atoms with Gasteiger partial charge in [-0.25, -0.2) is 4.79 Å². The lowest BCUT2D eigenvalue weighted by Gasteiger charge is -2.38. The fraction of sp³-hybridized carbons (Fsp3) is 0.404. The quantitative estimate of drug-likeness (QED) is 0.0529. The maximum Gasteiger partial charge on any atom is 0.408 e. The number of benzene rings is 4. The first-order chi connectivity index (χ1) is 30.5. The minimum absolute atomic E-state index is 0.111. The molecule has 0 spiro atoms. The fourth-order valence-electron chi connectivity index (χ4n) is 7.02. The van der Waals surface area contributed by atoms with E-state index in [1.54, 1.807) is 65.1 Å². The lowest BCUT2D eigenvalue weighted by atomic mass is 9.96. The lowest BCUT2D eigenvalue weighted by Crippen LogP contribution is -2.57. The van der Waals surface area contributed by atoms with Gasteiger partial charge in [0, 0.05) is 37.3 Å². The van der Waals surface area contributed by atoms with Crippen molar-refractivity contribution in [3.8, 4) is 34.5 Å². The maximum absolute atomic E-state index is 15.8. The summed E-state index contributed by atoms with van der Waals surface area (Å²) in [6.45, 7) is 11.0. The molecule has 0 radical (unpaired) electrons. The van der Waals surface area contributed by atoms with Crippen LogP contribution in [0.3, 0.4) is 0 Å². The third kappa shape index (κ3) is 12.4. The van der Waals surface area contributed by atoms with Gasteiger partial charge >= 0.3 is 12.1 Å². The van der Waals surface area contributed by atoms with Crippen LogP contribution in [0.15, 0.2) is 66.7 Å². The number of halogens is 1. The zero-order valence-electron chi connectivity index (χ0n) is 37.8. The van der Waals surface area contributed by atoms with Crippen LogP contribution >= 0.6 is 22.6 Å². The molecule has 2 N–H and O–H groups in total. The number of hydrogen-bond acceptors (Lipinski definition) is 13. The van der Waals surface area contributed by atoms with Crippen LogP contribution < -0.4 is 39.1 Å². The summed E-state index contributed by atoms with van der Waals surface area (Å²) in [5.74, 6) is 0.421. The van der Waals surface area contributed by atoms with E-state index in [9.17, 15) is 14.4 Å². The number of alkyl carbamates (subject to hydrolysis) is 1. The molecule has 0 aliphatic carbocycles. The highest BCUT2D eigenvalue weighted by Gasteiger charge is 2.42. The van der Waals surface area contributed by atoms with Crippen molar-refractivity contribution in [2.45, 2.75) is 85.2 Å². The molecule has 17 heteroatoms. The van der Waals surface area contributed by atoms with Crippen LogP contribution in [0.2, 0.25) is 0 Å². The van der Waals surface area contributed by atoms with Crippen molar-refractivity contribution in [1.82, 2.24) is 10.2 Å². The number of amides is 3. The second kappa shape index (κ2) is 22.1. The van der Waals surface area contributed by atoms with Gasteiger partial charge in [0.15, 0.2) is 29.8 Å². The first-order valence-electron chi connectivity index (χ1n) is 20.4. The van der Waals surface area contributed by atoms with Gasteiger partial charge < -0.3 is 58.2 Å². The molecule has 0 bridgehead atoms. The standard InChI is InChI=1S/C47H56IN3O13/c1-27-20-32(39(48)43(40(27)58-10)60-23-31-14-12-11-13-15-31)21-36(50-46(55)64-47(5,6)7)45(54)51(29(3)44(53)49-33-16-18-34(57-9)19-17-33)37(24-59-30(4)52)35-22-38(61-25-56-8)28(2)41-42(35)63-26-62-41/h11-20,22,29,36-37H,21,23-26H2,1-10H3,(H,49,53)(H,50,55)/t29?,36-,37-/m0/s1. The smallest absolute Gasteiger partial charge is 0.408 e. The van der Waals surface area contributed by atoms with Crippen LogP contribution in [0.5, 0.6) is 34.5 Å². The first-order valence-corrected chi connectivity index (χ1v) is 21.5.